The fraction of sp³-hybridized carbons (Fsp3) is 0.552. The van der Waals surface area contributed by atoms with Crippen LogP contribution < -0.4 is 0 Å². The van der Waals surface area contributed by atoms with Crippen LogP contribution in [0.4, 0.5) is 0 Å². The molecule has 0 aliphatic heterocycles. The Morgan fingerprint density at radius 1 is 0.818 bits per heavy atom. The van der Waals surface area contributed by atoms with Gasteiger partial charge in [-0.1, -0.05) is 87.2 Å². The van der Waals surface area contributed by atoms with E-state index in [1.807, 2.05) is 18.5 Å². The van der Waals surface area contributed by atoms with E-state index in [-0.39, 0.29) is 0 Å². The molecular formula is C29H41BrN2O. The largest absolute Gasteiger partial charge is 0.387 e. The van der Waals surface area contributed by atoms with Gasteiger partial charge in [0.15, 0.2) is 0 Å². The van der Waals surface area contributed by atoms with Crippen molar-refractivity contribution in [1.82, 2.24) is 9.88 Å². The van der Waals surface area contributed by atoms with Crippen molar-refractivity contribution in [3.05, 3.63) is 52.8 Å². The van der Waals surface area contributed by atoms with Gasteiger partial charge in [0.25, 0.3) is 0 Å². The number of pyridine rings is 1. The normalized spacial score (nSPS) is 12.8. The van der Waals surface area contributed by atoms with Gasteiger partial charge in [0, 0.05) is 28.8 Å². The molecule has 1 unspecified atom stereocenters. The highest BCUT2D eigenvalue weighted by Crippen LogP contribution is 2.33. The van der Waals surface area contributed by atoms with Gasteiger partial charge in [0.2, 0.25) is 0 Å². The van der Waals surface area contributed by atoms with Crippen LogP contribution in [0.1, 0.15) is 89.7 Å². The molecular weight excluding hydrogens is 472 g/mol. The lowest BCUT2D eigenvalue weighted by Gasteiger charge is -2.26. The number of hydrogen-bond donors (Lipinski definition) is 1. The standard InChI is InChI=1S/C29H41BrN2O/c1-3-5-7-9-11-17-32(18-12-10-8-6-4-2)22-29(33)27-19-23-15-16-31-21-28(23)26-20-24(30)13-14-25(26)27/h13-16,19-21,29,33H,3-12,17-18,22H2,1-2H3. The highest BCUT2D eigenvalue weighted by Gasteiger charge is 2.18. The minimum Gasteiger partial charge on any atom is -0.387 e. The van der Waals surface area contributed by atoms with Gasteiger partial charge in [-0.2, -0.15) is 0 Å². The van der Waals surface area contributed by atoms with Gasteiger partial charge in [-0.15, -0.1) is 0 Å². The summed E-state index contributed by atoms with van der Waals surface area (Å²) in [6, 6.07) is 10.6. The van der Waals surface area contributed by atoms with Gasteiger partial charge >= 0.3 is 0 Å². The van der Waals surface area contributed by atoms with E-state index < -0.39 is 6.10 Å². The second-order valence-electron chi connectivity index (χ2n) is 9.40. The molecule has 0 saturated carbocycles. The predicted octanol–water partition coefficient (Wildman–Crippen LogP) is 8.43. The summed E-state index contributed by atoms with van der Waals surface area (Å²) in [5.41, 5.74) is 1.03. The second-order valence-corrected chi connectivity index (χ2v) is 10.3. The first-order valence-electron chi connectivity index (χ1n) is 13.0. The van der Waals surface area contributed by atoms with Crippen LogP contribution in [0, 0.1) is 0 Å². The summed E-state index contributed by atoms with van der Waals surface area (Å²) >= 11 is 3.62. The topological polar surface area (TPSA) is 36.4 Å². The number of fused-ring (bicyclic) bond motifs is 3. The minimum atomic E-state index is -0.502. The van der Waals surface area contributed by atoms with Crippen molar-refractivity contribution < 1.29 is 5.11 Å². The summed E-state index contributed by atoms with van der Waals surface area (Å²) in [7, 11) is 0. The van der Waals surface area contributed by atoms with Crippen LogP contribution in [0.3, 0.4) is 0 Å². The molecule has 0 aliphatic carbocycles. The number of aromatic nitrogens is 1. The first-order chi connectivity index (χ1) is 16.1. The second kappa shape index (κ2) is 14.0. The molecule has 0 fully saturated rings. The molecule has 2 aromatic carbocycles. The van der Waals surface area contributed by atoms with Crippen LogP contribution in [-0.2, 0) is 0 Å². The average molecular weight is 514 g/mol. The Balaban J connectivity index is 1.76. The molecule has 0 aliphatic rings. The van der Waals surface area contributed by atoms with Gasteiger partial charge in [-0.3, -0.25) is 4.98 Å². The van der Waals surface area contributed by atoms with E-state index in [0.717, 1.165) is 44.7 Å². The third-order valence-corrected chi connectivity index (χ3v) is 7.19. The van der Waals surface area contributed by atoms with Crippen molar-refractivity contribution in [2.75, 3.05) is 19.6 Å². The number of aliphatic hydroxyl groups excluding tert-OH is 1. The predicted molar refractivity (Wildman–Crippen MR) is 146 cm³/mol. The molecule has 0 radical (unpaired) electrons. The van der Waals surface area contributed by atoms with Crippen molar-refractivity contribution in [2.24, 2.45) is 0 Å². The fourth-order valence-electron chi connectivity index (χ4n) is 4.78. The Labute approximate surface area is 208 Å². The minimum absolute atomic E-state index is 0.502. The van der Waals surface area contributed by atoms with E-state index in [4.69, 9.17) is 0 Å². The molecule has 1 N–H and O–H groups in total. The number of hydrogen-bond acceptors (Lipinski definition) is 3. The molecule has 0 bridgehead atoms. The molecule has 180 valence electrons. The Bertz CT molecular complexity index is 976. The van der Waals surface area contributed by atoms with Crippen molar-refractivity contribution >= 4 is 37.5 Å². The van der Waals surface area contributed by atoms with E-state index in [2.05, 4.69) is 63.9 Å². The Kier molecular flexibility index (Phi) is 11.1. The zero-order chi connectivity index (χ0) is 23.5. The number of aliphatic hydroxyl groups is 1. The summed E-state index contributed by atoms with van der Waals surface area (Å²) in [5, 5.41) is 16.0. The summed E-state index contributed by atoms with van der Waals surface area (Å²) in [6.45, 7) is 7.39. The maximum absolute atomic E-state index is 11.4. The Morgan fingerprint density at radius 2 is 1.48 bits per heavy atom. The summed E-state index contributed by atoms with van der Waals surface area (Å²) in [4.78, 5) is 6.84. The van der Waals surface area contributed by atoms with Crippen LogP contribution in [0.2, 0.25) is 0 Å². The quantitative estimate of drug-likeness (QED) is 0.164. The molecule has 0 spiro atoms. The molecule has 3 rings (SSSR count). The molecule has 1 heterocycles. The lowest BCUT2D eigenvalue weighted by Crippen LogP contribution is -2.31. The first-order valence-corrected chi connectivity index (χ1v) is 13.8. The molecule has 1 aromatic heterocycles. The van der Waals surface area contributed by atoms with E-state index in [9.17, 15) is 5.11 Å². The van der Waals surface area contributed by atoms with Gasteiger partial charge in [0.1, 0.15) is 0 Å². The molecule has 33 heavy (non-hydrogen) atoms. The third-order valence-electron chi connectivity index (χ3n) is 6.69. The lowest BCUT2D eigenvalue weighted by molar-refractivity contribution is 0.111. The fourth-order valence-corrected chi connectivity index (χ4v) is 5.14. The number of rotatable bonds is 15. The Hall–Kier alpha value is -1.49. The summed E-state index contributed by atoms with van der Waals surface area (Å²) in [6.07, 6.45) is 16.1. The zero-order valence-corrected chi connectivity index (χ0v) is 22.1. The molecule has 1 atom stereocenters. The van der Waals surface area contributed by atoms with Crippen LogP contribution in [-0.4, -0.2) is 34.6 Å². The molecule has 3 nitrogen and oxygen atoms in total. The SMILES string of the molecule is CCCCCCCN(CCCCCCC)CC(O)c1cc2ccncc2c2cc(Br)ccc12. The van der Waals surface area contributed by atoms with Gasteiger partial charge in [-0.05, 0) is 71.9 Å². The summed E-state index contributed by atoms with van der Waals surface area (Å²) < 4.78 is 1.05. The van der Waals surface area contributed by atoms with Crippen molar-refractivity contribution in [1.29, 1.82) is 0 Å². The molecule has 0 saturated heterocycles. The van der Waals surface area contributed by atoms with Gasteiger partial charge in [-0.25, -0.2) is 0 Å². The highest BCUT2D eigenvalue weighted by molar-refractivity contribution is 9.10. The smallest absolute Gasteiger partial charge is 0.0923 e. The van der Waals surface area contributed by atoms with Gasteiger partial charge < -0.3 is 10.0 Å². The highest BCUT2D eigenvalue weighted by atomic mass is 79.9. The monoisotopic (exact) mass is 512 g/mol. The third kappa shape index (κ3) is 7.77. The summed E-state index contributed by atoms with van der Waals surface area (Å²) in [5.74, 6) is 0. The number of nitrogens with zero attached hydrogens (tertiary/aromatic N) is 2. The van der Waals surface area contributed by atoms with Crippen molar-refractivity contribution in [3.8, 4) is 0 Å². The van der Waals surface area contributed by atoms with Crippen molar-refractivity contribution in [2.45, 2.75) is 84.2 Å². The first kappa shape index (κ1) is 26.1. The van der Waals surface area contributed by atoms with Crippen LogP contribution in [0.15, 0.2) is 47.2 Å². The van der Waals surface area contributed by atoms with Crippen LogP contribution in [0.25, 0.3) is 21.5 Å². The van der Waals surface area contributed by atoms with Gasteiger partial charge in [0.05, 0.1) is 6.10 Å². The number of halogens is 1. The van der Waals surface area contributed by atoms with Crippen LogP contribution in [0.5, 0.6) is 0 Å². The zero-order valence-electron chi connectivity index (χ0n) is 20.5. The van der Waals surface area contributed by atoms with Crippen LogP contribution >= 0.6 is 15.9 Å². The van der Waals surface area contributed by atoms with E-state index >= 15 is 0 Å². The van der Waals surface area contributed by atoms with E-state index in [0.29, 0.717) is 6.54 Å². The number of unbranched alkanes of at least 4 members (excludes halogenated alkanes) is 8. The maximum atomic E-state index is 11.4. The average Bonchev–Trinajstić information content (AvgIpc) is 2.82. The lowest BCUT2D eigenvalue weighted by atomic mass is 9.95. The molecule has 3 aromatic rings. The molecule has 0 amide bonds. The maximum Gasteiger partial charge on any atom is 0.0923 e. The van der Waals surface area contributed by atoms with E-state index in [1.54, 1.807) is 0 Å². The molecule has 4 heteroatoms. The number of benzene rings is 2. The van der Waals surface area contributed by atoms with Crippen molar-refractivity contribution in [3.63, 3.8) is 0 Å². The van der Waals surface area contributed by atoms with E-state index in [1.165, 1.54) is 64.2 Å². The Morgan fingerprint density at radius 3 is 2.15 bits per heavy atom.